The molecule has 3 aliphatic heterocycles. The van der Waals surface area contributed by atoms with Gasteiger partial charge in [0.05, 0.1) is 153 Å². The SMILES string of the molecule is CCOC(OCC)OCC.CCOC=Nc1ccc(NC(C)=O)c(OCC)c1.CCOc1cc(N)ccc1NC(C)=O.CCOc1cc2ncc(C#N)c(Cl)c2cc1NC(C)=O.CCOc1cc2ncc(C#N)c(N3CCOCC3)c2cc1NC(C)=O.O=P(Cl)(Cl)Cl.O=P(Cl)(Cl)Cl.[C-]#[N+]/C(=C\Nc1ccc(NC(C)=O)c(OCC)c1)C(=O)N1CCOCC1.[C-]#[N+]CC(=O)N1CCOCC1. The number of halogens is 7. The maximum atomic E-state index is 12.4. The van der Waals surface area contributed by atoms with Crippen molar-refractivity contribution in [2.45, 2.75) is 103 Å². The maximum Gasteiger partial charge on any atom is 0.339 e. The first-order valence-corrected chi connectivity index (χ1v) is 50.6. The van der Waals surface area contributed by atoms with Crippen LogP contribution in [0.4, 0.5) is 51.2 Å². The first-order chi connectivity index (χ1) is 63.7. The largest absolute Gasteiger partial charge is 0.492 e. The minimum absolute atomic E-state index is 0.00389. The number of morpholine rings is 3. The van der Waals surface area contributed by atoms with Crippen LogP contribution in [-0.2, 0) is 75.8 Å². The van der Waals surface area contributed by atoms with Crippen molar-refractivity contribution in [3.8, 4) is 40.9 Å². The molecule has 3 fully saturated rings. The number of amides is 7. The predicted molar refractivity (Wildman–Crippen MR) is 525 cm³/mol. The molecule has 7 amide bonds. The van der Waals surface area contributed by atoms with Gasteiger partial charge >= 0.3 is 16.3 Å². The number of hydrogen-bond acceptors (Lipinski definition) is 29. The van der Waals surface area contributed by atoms with E-state index in [9.17, 15) is 48.0 Å². The molecule has 3 saturated heterocycles. The summed E-state index contributed by atoms with van der Waals surface area (Å²) in [5, 5.41) is 30.3. The van der Waals surface area contributed by atoms with E-state index in [0.717, 1.165) is 16.6 Å². The van der Waals surface area contributed by atoms with Crippen LogP contribution in [0.2, 0.25) is 5.02 Å². The second-order valence-corrected chi connectivity index (χ2v) is 40.1. The van der Waals surface area contributed by atoms with Gasteiger partial charge in [-0.25, -0.2) is 16.4 Å². The molecule has 5 aromatic carbocycles. The fourth-order valence-corrected chi connectivity index (χ4v) is 11.4. The first-order valence-electron chi connectivity index (χ1n) is 41.4. The number of nitrogen functional groups attached to an aromatic ring is 1. The van der Waals surface area contributed by atoms with Gasteiger partial charge in [0.2, 0.25) is 29.5 Å². The molecule has 0 atom stereocenters. The monoisotopic (exact) mass is 2040 g/mol. The Morgan fingerprint density at radius 3 is 1.31 bits per heavy atom. The Balaban J connectivity index is 0.000000530. The summed E-state index contributed by atoms with van der Waals surface area (Å²) in [6, 6.07) is 26.7. The van der Waals surface area contributed by atoms with Crippen LogP contribution >= 0.6 is 89.4 Å². The van der Waals surface area contributed by atoms with Gasteiger partial charge in [-0.3, -0.25) is 52.7 Å². The number of carbonyl (C=O) groups is 7. The second-order valence-electron chi connectivity index (χ2n) is 26.4. The number of nitrogens with one attached hydrogen (secondary N) is 6. The number of fused-ring (bicyclic) bond motifs is 2. The standard InChI is InChI=1S/C18H22N4O4.C18H20N4O3.C14H12ClN3O2.C13H18N2O3.C10H14N2O2.C7H10N2O2.C7H16O3.2Cl3OP/c1-4-26-17-11-14(5-6-15(17)21-13(2)23)20-12-16(19-3)18(24)22-7-9-25-10-8-22;1-3-25-17-9-15-14(8-16(17)21-12(2)23)18(13(10-19)11-20-15)22-4-6-24-7-5-22;1-3-20-13-5-11-10(4-12(13)18-8(2)19)14(15)9(6-16)7-17-11;1-4-17-9-14-11-6-7-12(15-10(3)16)13(8-11)18-5-2;1-3-14-10-6-8(11)4-5-9(10)12-7(2)13;1-8-6-7(10)9-2-4-11-5-3-9;1-4-8-7(9-5-2)10-6-3;2*1-5(2,3)4/h5-6,11-12,20H,4,7-10H2,1-2H3,(H,21,23);8-9,11H,3-7H2,1-2H3,(H,21,23);4-5,7H,3H2,1-2H3,(H,18,19);6-9H,4-5H2,1-3H3,(H,15,16);4-6H,3,11H2,1-2H3,(H,12,13);2-6H2;7H,4-6H2,1-3H3;;/b16-12-;;;;;;;;. The van der Waals surface area contributed by atoms with Gasteiger partial charge < -0.3 is 114 Å². The second kappa shape index (κ2) is 66.4. The van der Waals surface area contributed by atoms with E-state index in [1.165, 1.54) is 53.4 Å². The molecule has 0 aliphatic carbocycles. The number of anilines is 8. The molecule has 134 heavy (non-hydrogen) atoms. The molecule has 2 aromatic heterocycles. The van der Waals surface area contributed by atoms with Crippen molar-refractivity contribution in [2.75, 3.05) is 187 Å². The van der Waals surface area contributed by atoms with Crippen LogP contribution in [0.1, 0.15) is 108 Å². The Hall–Kier alpha value is -11.0. The molecule has 47 heteroatoms. The topological polar surface area (TPSA) is 467 Å². The number of rotatable bonds is 29. The lowest BCUT2D eigenvalue weighted by Crippen LogP contribution is -2.41. The normalized spacial score (nSPS) is 12.5. The van der Waals surface area contributed by atoms with Crippen LogP contribution in [0.3, 0.4) is 0 Å². The van der Waals surface area contributed by atoms with E-state index < -0.39 is 16.9 Å². The highest BCUT2D eigenvalue weighted by molar-refractivity contribution is 8.25. The lowest BCUT2D eigenvalue weighted by molar-refractivity contribution is -0.282. The minimum Gasteiger partial charge on any atom is -0.492 e. The van der Waals surface area contributed by atoms with Crippen molar-refractivity contribution >= 4 is 210 Å². The molecule has 3 aliphatic rings. The summed E-state index contributed by atoms with van der Waals surface area (Å²) in [5.41, 5.74) is 13.4. The molecule has 10 rings (SSSR count). The number of ether oxygens (including phenoxy) is 12. The predicted octanol–water partition coefficient (Wildman–Crippen LogP) is 18.6. The third-order valence-electron chi connectivity index (χ3n) is 16.4. The summed E-state index contributed by atoms with van der Waals surface area (Å²) in [5.74, 6) is 1.52. The van der Waals surface area contributed by atoms with E-state index in [4.69, 9.17) is 92.6 Å². The molecule has 0 unspecified atom stereocenters. The number of carbonyl (C=O) groups excluding carboxylic acids is 7. The van der Waals surface area contributed by atoms with Crippen LogP contribution in [0.25, 0.3) is 31.5 Å². The van der Waals surface area contributed by atoms with Crippen molar-refractivity contribution in [1.82, 2.24) is 19.8 Å². The molecular formula is C87H112Cl7N17O21P2. The summed E-state index contributed by atoms with van der Waals surface area (Å²) in [6.45, 7) is 49.3. The first kappa shape index (κ1) is 119. The molecule has 38 nitrogen and oxygen atoms in total. The van der Waals surface area contributed by atoms with Crippen molar-refractivity contribution in [3.63, 3.8) is 0 Å². The van der Waals surface area contributed by atoms with Crippen LogP contribution in [-0.4, -0.2) is 219 Å². The van der Waals surface area contributed by atoms with E-state index in [2.05, 4.69) is 135 Å². The molecule has 0 saturated carbocycles. The smallest absolute Gasteiger partial charge is 0.339 e. The van der Waals surface area contributed by atoms with Gasteiger partial charge in [0.1, 0.15) is 40.9 Å². The molecule has 0 radical (unpaired) electrons. The van der Waals surface area contributed by atoms with Crippen molar-refractivity contribution in [3.05, 3.63) is 142 Å². The molecule has 5 heterocycles. The molecule has 0 bridgehead atoms. The van der Waals surface area contributed by atoms with Gasteiger partial charge in [0, 0.05) is 165 Å². The third kappa shape index (κ3) is 48.8. The third-order valence-corrected chi connectivity index (χ3v) is 16.8. The number of nitrogens with two attached hydrogens (primary N) is 1. The average molecular weight is 2040 g/mol. The Morgan fingerprint density at radius 1 is 0.515 bits per heavy atom. The lowest BCUT2D eigenvalue weighted by atomic mass is 10.1. The number of nitriles is 2. The Labute approximate surface area is 813 Å². The van der Waals surface area contributed by atoms with E-state index in [0.29, 0.717) is 234 Å². The van der Waals surface area contributed by atoms with E-state index in [1.54, 1.807) is 88.8 Å². The summed E-state index contributed by atoms with van der Waals surface area (Å²) in [4.78, 5) is 104. The Morgan fingerprint density at radius 2 is 0.896 bits per heavy atom. The van der Waals surface area contributed by atoms with E-state index in [-0.39, 0.29) is 59.2 Å². The summed E-state index contributed by atoms with van der Waals surface area (Å²) < 4.78 is 82.4. The molecule has 8 N–H and O–H groups in total. The number of hydrogen-bond donors (Lipinski definition) is 7. The Bertz CT molecular complexity index is 5240. The summed E-state index contributed by atoms with van der Waals surface area (Å²) >= 11 is 33.9. The summed E-state index contributed by atoms with van der Waals surface area (Å²) in [6.07, 6.45) is 5.77. The van der Waals surface area contributed by atoms with Crippen molar-refractivity contribution in [2.24, 2.45) is 4.99 Å². The minimum atomic E-state index is -3.22. The molecule has 0 spiro atoms. The van der Waals surface area contributed by atoms with Gasteiger partial charge in [-0.2, -0.15) is 10.5 Å². The van der Waals surface area contributed by atoms with Gasteiger partial charge in [-0.1, -0.05) is 11.6 Å². The quantitative estimate of drug-likeness (QED) is 0.00435. The van der Waals surface area contributed by atoms with Gasteiger partial charge in [0.15, 0.2) is 6.40 Å². The highest BCUT2D eigenvalue weighted by Crippen LogP contribution is 2.62. The number of aromatic nitrogens is 2. The zero-order valence-corrected chi connectivity index (χ0v) is 83.7. The highest BCUT2D eigenvalue weighted by atomic mass is 36.1. The van der Waals surface area contributed by atoms with E-state index >= 15 is 0 Å². The van der Waals surface area contributed by atoms with Crippen LogP contribution < -0.4 is 66.2 Å². The maximum absolute atomic E-state index is 12.4. The summed E-state index contributed by atoms with van der Waals surface area (Å²) in [7, 11) is 0. The van der Waals surface area contributed by atoms with Crippen LogP contribution in [0, 0.1) is 35.8 Å². The molecule has 7 aromatic rings. The fraction of sp³-hybridized carbons (Fsp3) is 0.425. The average Bonchev–Trinajstić information content (AvgIpc) is 0.771. The van der Waals surface area contributed by atoms with Gasteiger partial charge in [0.25, 0.3) is 24.6 Å². The van der Waals surface area contributed by atoms with Crippen molar-refractivity contribution < 1.29 is 99.5 Å². The zero-order valence-electron chi connectivity index (χ0n) is 76.6. The van der Waals surface area contributed by atoms with Gasteiger partial charge in [-0.15, -0.1) is 0 Å². The van der Waals surface area contributed by atoms with Crippen LogP contribution in [0.15, 0.2) is 108 Å². The number of nitrogens with zero attached hydrogens (tertiary/aromatic N) is 10. The fourth-order valence-electron chi connectivity index (χ4n) is 11.2. The number of benzene rings is 5. The van der Waals surface area contributed by atoms with Crippen molar-refractivity contribution in [1.29, 1.82) is 10.5 Å². The molecular weight excluding hydrogens is 1930 g/mol. The Kier molecular flexibility index (Phi) is 59.0. The zero-order chi connectivity index (χ0) is 100. The molecule has 730 valence electrons. The lowest BCUT2D eigenvalue weighted by Gasteiger charge is -2.30. The highest BCUT2D eigenvalue weighted by Gasteiger charge is 2.25. The number of aliphatic imine (C=N–C) groups is 1. The number of pyridine rings is 2. The van der Waals surface area contributed by atoms with E-state index in [1.807, 2.05) is 74.4 Å². The van der Waals surface area contributed by atoms with Gasteiger partial charge in [-0.05, 0) is 178 Å². The van der Waals surface area contributed by atoms with Crippen LogP contribution in [0.5, 0.6) is 28.7 Å².